The van der Waals surface area contributed by atoms with E-state index in [0.29, 0.717) is 31.3 Å². The summed E-state index contributed by atoms with van der Waals surface area (Å²) >= 11 is 0. The van der Waals surface area contributed by atoms with Gasteiger partial charge >= 0.3 is 6.09 Å². The number of hydrogen-bond donors (Lipinski definition) is 0. The first-order valence-corrected chi connectivity index (χ1v) is 6.38. The van der Waals surface area contributed by atoms with Crippen molar-refractivity contribution in [2.24, 2.45) is 0 Å². The van der Waals surface area contributed by atoms with Crippen LogP contribution in [-0.4, -0.2) is 60.5 Å². The zero-order valence-electron chi connectivity index (χ0n) is 10.4. The van der Waals surface area contributed by atoms with E-state index < -0.39 is 0 Å². The Morgan fingerprint density at radius 3 is 2.71 bits per heavy atom. The van der Waals surface area contributed by atoms with Gasteiger partial charge in [-0.05, 0) is 13.3 Å². The molecule has 0 radical (unpaired) electrons. The van der Waals surface area contributed by atoms with Gasteiger partial charge in [-0.15, -0.1) is 0 Å². The van der Waals surface area contributed by atoms with E-state index in [2.05, 4.69) is 4.90 Å². The summed E-state index contributed by atoms with van der Waals surface area (Å²) in [5, 5.41) is 0. The van der Waals surface area contributed by atoms with Crippen molar-refractivity contribution in [3.8, 4) is 0 Å². The molecule has 2 saturated heterocycles. The number of ketones is 1. The summed E-state index contributed by atoms with van der Waals surface area (Å²) in [7, 11) is 0. The summed E-state index contributed by atoms with van der Waals surface area (Å²) in [6.07, 6.45) is 2.11. The molecule has 2 heterocycles. The van der Waals surface area contributed by atoms with Gasteiger partial charge in [-0.2, -0.15) is 0 Å². The number of ether oxygens (including phenoxy) is 1. The molecule has 5 nitrogen and oxygen atoms in total. The van der Waals surface area contributed by atoms with Crippen LogP contribution < -0.4 is 0 Å². The standard InChI is InChI=1S/C12H20N2O3/c1-2-17-12(16)14-6-3-10(9-14)13-7-4-11(15)5-8-13/h10H,2-9H2,1H3. The van der Waals surface area contributed by atoms with Gasteiger partial charge in [0.2, 0.25) is 0 Å². The lowest BCUT2D eigenvalue weighted by Crippen LogP contribution is -2.43. The summed E-state index contributed by atoms with van der Waals surface area (Å²) in [6, 6.07) is 0.410. The normalized spacial score (nSPS) is 26.3. The average Bonchev–Trinajstić information content (AvgIpc) is 2.80. The molecular formula is C12H20N2O3. The molecule has 1 unspecified atom stereocenters. The molecule has 2 fully saturated rings. The lowest BCUT2D eigenvalue weighted by Gasteiger charge is -2.31. The molecule has 5 heteroatoms. The predicted octanol–water partition coefficient (Wildman–Crippen LogP) is 0.882. The first-order valence-electron chi connectivity index (χ1n) is 6.38. The van der Waals surface area contributed by atoms with Gasteiger partial charge in [0, 0.05) is 45.1 Å². The molecule has 1 atom stereocenters. The average molecular weight is 240 g/mol. The van der Waals surface area contributed by atoms with Gasteiger partial charge in [0.05, 0.1) is 6.61 Å². The monoisotopic (exact) mass is 240 g/mol. The Labute approximate surface area is 102 Å². The van der Waals surface area contributed by atoms with Crippen LogP contribution in [0.5, 0.6) is 0 Å². The van der Waals surface area contributed by atoms with Gasteiger partial charge in [0.15, 0.2) is 0 Å². The third-order valence-corrected chi connectivity index (χ3v) is 3.56. The van der Waals surface area contributed by atoms with Crippen molar-refractivity contribution >= 4 is 11.9 Å². The molecule has 2 rings (SSSR count). The number of amides is 1. The molecule has 2 aliphatic heterocycles. The van der Waals surface area contributed by atoms with E-state index in [1.165, 1.54) is 0 Å². The number of rotatable bonds is 2. The minimum absolute atomic E-state index is 0.205. The first-order chi connectivity index (χ1) is 8.20. The number of Topliss-reactive ketones (excluding diaryl/α,β-unsaturated/α-hetero) is 1. The van der Waals surface area contributed by atoms with Crippen LogP contribution in [0.3, 0.4) is 0 Å². The number of likely N-dealkylation sites (tertiary alicyclic amines) is 2. The molecule has 0 aromatic carbocycles. The summed E-state index contributed by atoms with van der Waals surface area (Å²) in [6.45, 7) is 5.46. The number of hydrogen-bond acceptors (Lipinski definition) is 4. The van der Waals surface area contributed by atoms with Gasteiger partial charge in [-0.25, -0.2) is 4.79 Å². The summed E-state index contributed by atoms with van der Waals surface area (Å²) in [5.41, 5.74) is 0. The molecule has 0 bridgehead atoms. The van der Waals surface area contributed by atoms with Crippen LogP contribution in [0.4, 0.5) is 4.79 Å². The van der Waals surface area contributed by atoms with Crippen molar-refractivity contribution < 1.29 is 14.3 Å². The second kappa shape index (κ2) is 5.49. The Kier molecular flexibility index (Phi) is 3.99. The Morgan fingerprint density at radius 2 is 2.06 bits per heavy atom. The van der Waals surface area contributed by atoms with Gasteiger partial charge in [-0.3, -0.25) is 9.69 Å². The van der Waals surface area contributed by atoms with E-state index in [1.54, 1.807) is 4.90 Å². The maximum Gasteiger partial charge on any atom is 0.409 e. The quantitative estimate of drug-likeness (QED) is 0.719. The van der Waals surface area contributed by atoms with Crippen molar-refractivity contribution in [1.82, 2.24) is 9.80 Å². The van der Waals surface area contributed by atoms with Crippen LogP contribution in [-0.2, 0) is 9.53 Å². The van der Waals surface area contributed by atoms with Crippen LogP contribution in [0, 0.1) is 0 Å². The van der Waals surface area contributed by atoms with Crippen LogP contribution >= 0.6 is 0 Å². The van der Waals surface area contributed by atoms with E-state index in [4.69, 9.17) is 4.74 Å². The van der Waals surface area contributed by atoms with Gasteiger partial charge < -0.3 is 9.64 Å². The molecule has 0 spiro atoms. The molecule has 0 saturated carbocycles. The topological polar surface area (TPSA) is 49.9 Å². The molecule has 0 aromatic heterocycles. The minimum atomic E-state index is -0.205. The summed E-state index contributed by atoms with van der Waals surface area (Å²) in [5.74, 6) is 0.362. The highest BCUT2D eigenvalue weighted by atomic mass is 16.6. The fourth-order valence-electron chi connectivity index (χ4n) is 2.56. The third-order valence-electron chi connectivity index (χ3n) is 3.56. The second-order valence-corrected chi connectivity index (χ2v) is 4.66. The Bertz CT molecular complexity index is 296. The fraction of sp³-hybridized carbons (Fsp3) is 0.833. The molecule has 0 aliphatic carbocycles. The van der Waals surface area contributed by atoms with Crippen molar-refractivity contribution in [3.63, 3.8) is 0 Å². The first kappa shape index (κ1) is 12.4. The van der Waals surface area contributed by atoms with E-state index in [9.17, 15) is 9.59 Å². The number of carbonyl (C=O) groups is 2. The summed E-state index contributed by atoms with van der Waals surface area (Å²) in [4.78, 5) is 26.8. The van der Waals surface area contributed by atoms with Crippen LogP contribution in [0.25, 0.3) is 0 Å². The molecule has 17 heavy (non-hydrogen) atoms. The Morgan fingerprint density at radius 1 is 1.35 bits per heavy atom. The fourth-order valence-corrected chi connectivity index (χ4v) is 2.56. The zero-order valence-corrected chi connectivity index (χ0v) is 10.4. The van der Waals surface area contributed by atoms with Crippen molar-refractivity contribution in [2.45, 2.75) is 32.2 Å². The SMILES string of the molecule is CCOC(=O)N1CCC(N2CCC(=O)CC2)C1. The van der Waals surface area contributed by atoms with Crippen molar-refractivity contribution in [2.75, 3.05) is 32.8 Å². The maximum atomic E-state index is 11.6. The van der Waals surface area contributed by atoms with Crippen LogP contribution in [0.15, 0.2) is 0 Å². The molecule has 1 amide bonds. The van der Waals surface area contributed by atoms with Crippen molar-refractivity contribution in [1.29, 1.82) is 0 Å². The maximum absolute atomic E-state index is 11.6. The van der Waals surface area contributed by atoms with Gasteiger partial charge in [0.1, 0.15) is 5.78 Å². The number of carbonyl (C=O) groups excluding carboxylic acids is 2. The molecule has 0 aromatic rings. The van der Waals surface area contributed by atoms with E-state index in [1.807, 2.05) is 6.92 Å². The van der Waals surface area contributed by atoms with Gasteiger partial charge in [-0.1, -0.05) is 0 Å². The zero-order chi connectivity index (χ0) is 12.3. The van der Waals surface area contributed by atoms with E-state index >= 15 is 0 Å². The molecule has 96 valence electrons. The molecular weight excluding hydrogens is 220 g/mol. The van der Waals surface area contributed by atoms with Crippen LogP contribution in [0.2, 0.25) is 0 Å². The highest BCUT2D eigenvalue weighted by Gasteiger charge is 2.32. The highest BCUT2D eigenvalue weighted by Crippen LogP contribution is 2.19. The van der Waals surface area contributed by atoms with Gasteiger partial charge in [0.25, 0.3) is 0 Å². The number of nitrogens with zero attached hydrogens (tertiary/aromatic N) is 2. The molecule has 0 N–H and O–H groups in total. The predicted molar refractivity (Wildman–Crippen MR) is 62.8 cm³/mol. The van der Waals surface area contributed by atoms with E-state index in [0.717, 1.165) is 32.6 Å². The smallest absolute Gasteiger partial charge is 0.409 e. The Hall–Kier alpha value is -1.10. The molecule has 2 aliphatic rings. The highest BCUT2D eigenvalue weighted by molar-refractivity contribution is 5.79. The van der Waals surface area contributed by atoms with Crippen molar-refractivity contribution in [3.05, 3.63) is 0 Å². The third kappa shape index (κ3) is 2.97. The largest absolute Gasteiger partial charge is 0.450 e. The second-order valence-electron chi connectivity index (χ2n) is 4.66. The Balaban J connectivity index is 1.81. The van der Waals surface area contributed by atoms with E-state index in [-0.39, 0.29) is 6.09 Å². The summed E-state index contributed by atoms with van der Waals surface area (Å²) < 4.78 is 4.99. The lowest BCUT2D eigenvalue weighted by atomic mass is 10.1. The number of piperidine rings is 1. The van der Waals surface area contributed by atoms with Crippen LogP contribution in [0.1, 0.15) is 26.2 Å². The lowest BCUT2D eigenvalue weighted by molar-refractivity contribution is -0.121. The minimum Gasteiger partial charge on any atom is -0.450 e.